The lowest BCUT2D eigenvalue weighted by Crippen LogP contribution is -2.17. The number of thiophene rings is 1. The zero-order chi connectivity index (χ0) is 15.3. The Hall–Kier alpha value is -2.47. The number of aromatic nitrogens is 2. The lowest BCUT2D eigenvalue weighted by molar-refractivity contribution is 0.0816. The van der Waals surface area contributed by atoms with Crippen LogP contribution < -0.4 is 4.74 Å². The number of fused-ring (bicyclic) bond motifs is 2. The molecule has 1 aliphatic rings. The number of ether oxygens (including phenoxy) is 1. The van der Waals surface area contributed by atoms with E-state index in [0.717, 1.165) is 26.9 Å². The van der Waals surface area contributed by atoms with Crippen LogP contribution in [0.15, 0.2) is 29.9 Å². The summed E-state index contributed by atoms with van der Waals surface area (Å²) in [7, 11) is 1.80. The predicted octanol–water partition coefficient (Wildman–Crippen LogP) is 3.38. The Labute approximate surface area is 131 Å². The monoisotopic (exact) mass is 311 g/mol. The fourth-order valence-electron chi connectivity index (χ4n) is 2.64. The largest absolute Gasteiger partial charge is 0.437 e. The van der Waals surface area contributed by atoms with Crippen molar-refractivity contribution in [1.82, 2.24) is 14.9 Å². The van der Waals surface area contributed by atoms with Crippen molar-refractivity contribution in [3.8, 4) is 11.6 Å². The highest BCUT2D eigenvalue weighted by Gasteiger charge is 2.24. The maximum absolute atomic E-state index is 11.9. The van der Waals surface area contributed by atoms with Gasteiger partial charge in [0, 0.05) is 19.2 Å². The van der Waals surface area contributed by atoms with Crippen LogP contribution in [-0.2, 0) is 6.54 Å². The van der Waals surface area contributed by atoms with Crippen LogP contribution in [0.4, 0.5) is 0 Å². The molecule has 110 valence electrons. The number of hydrogen-bond acceptors (Lipinski definition) is 5. The van der Waals surface area contributed by atoms with Crippen LogP contribution >= 0.6 is 11.3 Å². The maximum atomic E-state index is 11.9. The van der Waals surface area contributed by atoms with Crippen LogP contribution in [0, 0.1) is 6.92 Å². The Morgan fingerprint density at radius 2 is 2.18 bits per heavy atom. The number of rotatable bonds is 2. The summed E-state index contributed by atoms with van der Waals surface area (Å²) in [6.07, 6.45) is 1.52. The Balaban J connectivity index is 1.72. The van der Waals surface area contributed by atoms with Gasteiger partial charge >= 0.3 is 0 Å². The smallest absolute Gasteiger partial charge is 0.254 e. The molecule has 1 aromatic carbocycles. The number of carbonyl (C=O) groups is 1. The van der Waals surface area contributed by atoms with E-state index < -0.39 is 0 Å². The van der Waals surface area contributed by atoms with Gasteiger partial charge in [0.2, 0.25) is 5.88 Å². The van der Waals surface area contributed by atoms with Crippen molar-refractivity contribution >= 4 is 27.5 Å². The van der Waals surface area contributed by atoms with E-state index in [1.54, 1.807) is 23.3 Å². The number of hydrogen-bond donors (Lipinski definition) is 0. The standard InChI is InChI=1S/C16H13N3O2S/c1-9-7-22-14-13(9)17-8-18-15(14)21-11-3-4-12-10(5-11)6-19(2)16(12)20/h3-5,7-8H,6H2,1-2H3. The molecule has 6 heteroatoms. The Morgan fingerprint density at radius 1 is 1.32 bits per heavy atom. The minimum absolute atomic E-state index is 0.0554. The molecule has 1 aliphatic heterocycles. The molecule has 0 spiro atoms. The Kier molecular flexibility index (Phi) is 2.87. The summed E-state index contributed by atoms with van der Waals surface area (Å²) >= 11 is 1.57. The van der Waals surface area contributed by atoms with Crippen molar-refractivity contribution in [2.75, 3.05) is 7.05 Å². The van der Waals surface area contributed by atoms with Gasteiger partial charge in [-0.25, -0.2) is 9.97 Å². The van der Waals surface area contributed by atoms with Gasteiger partial charge in [-0.1, -0.05) is 0 Å². The molecule has 5 nitrogen and oxygen atoms in total. The first-order chi connectivity index (χ1) is 10.6. The van der Waals surface area contributed by atoms with E-state index in [1.807, 2.05) is 30.5 Å². The molecule has 0 unspecified atom stereocenters. The van der Waals surface area contributed by atoms with Gasteiger partial charge in [-0.05, 0) is 41.6 Å². The van der Waals surface area contributed by atoms with E-state index in [2.05, 4.69) is 9.97 Å². The van der Waals surface area contributed by atoms with Crippen molar-refractivity contribution in [2.45, 2.75) is 13.5 Å². The third kappa shape index (κ3) is 1.95. The molecule has 0 aliphatic carbocycles. The van der Waals surface area contributed by atoms with Crippen molar-refractivity contribution in [3.63, 3.8) is 0 Å². The normalized spacial score (nSPS) is 13.7. The zero-order valence-electron chi connectivity index (χ0n) is 12.2. The molecule has 0 N–H and O–H groups in total. The van der Waals surface area contributed by atoms with Crippen molar-refractivity contribution in [3.05, 3.63) is 46.6 Å². The lowest BCUT2D eigenvalue weighted by atomic mass is 10.1. The van der Waals surface area contributed by atoms with E-state index in [0.29, 0.717) is 18.2 Å². The molecule has 22 heavy (non-hydrogen) atoms. The number of nitrogens with zero attached hydrogens (tertiary/aromatic N) is 3. The lowest BCUT2D eigenvalue weighted by Gasteiger charge is -2.06. The molecule has 2 aromatic heterocycles. The Bertz CT molecular complexity index is 904. The SMILES string of the molecule is Cc1csc2c(Oc3ccc4c(c3)CN(C)C4=O)ncnc12. The number of aryl methyl sites for hydroxylation is 1. The number of carbonyl (C=O) groups excluding carboxylic acids is 1. The molecule has 3 aromatic rings. The second kappa shape index (κ2) is 4.78. The van der Waals surface area contributed by atoms with Crippen molar-refractivity contribution < 1.29 is 9.53 Å². The third-order valence-electron chi connectivity index (χ3n) is 3.77. The highest BCUT2D eigenvalue weighted by atomic mass is 32.1. The van der Waals surface area contributed by atoms with Gasteiger partial charge < -0.3 is 9.64 Å². The zero-order valence-corrected chi connectivity index (χ0v) is 13.0. The van der Waals surface area contributed by atoms with E-state index in [1.165, 1.54) is 6.33 Å². The fraction of sp³-hybridized carbons (Fsp3) is 0.188. The first kappa shape index (κ1) is 13.2. The molecule has 3 heterocycles. The predicted molar refractivity (Wildman–Crippen MR) is 84.5 cm³/mol. The second-order valence-electron chi connectivity index (χ2n) is 5.36. The van der Waals surface area contributed by atoms with Gasteiger partial charge in [0.05, 0.1) is 5.52 Å². The first-order valence-corrected chi connectivity index (χ1v) is 7.76. The summed E-state index contributed by atoms with van der Waals surface area (Å²) in [6.45, 7) is 2.63. The minimum Gasteiger partial charge on any atom is -0.437 e. The summed E-state index contributed by atoms with van der Waals surface area (Å²) in [5.41, 5.74) is 3.77. The molecule has 1 amide bonds. The molecule has 0 saturated carbocycles. The van der Waals surface area contributed by atoms with Gasteiger partial charge in [-0.3, -0.25) is 4.79 Å². The highest BCUT2D eigenvalue weighted by molar-refractivity contribution is 7.17. The van der Waals surface area contributed by atoms with E-state index in [4.69, 9.17) is 4.74 Å². The Morgan fingerprint density at radius 3 is 3.05 bits per heavy atom. The average Bonchev–Trinajstić information content (AvgIpc) is 3.02. The van der Waals surface area contributed by atoms with Crippen molar-refractivity contribution in [1.29, 1.82) is 0 Å². The quantitative estimate of drug-likeness (QED) is 0.728. The van der Waals surface area contributed by atoms with E-state index in [-0.39, 0.29) is 5.91 Å². The van der Waals surface area contributed by atoms with E-state index >= 15 is 0 Å². The van der Waals surface area contributed by atoms with Crippen LogP contribution in [0.1, 0.15) is 21.5 Å². The molecule has 0 fully saturated rings. The van der Waals surface area contributed by atoms with E-state index in [9.17, 15) is 4.79 Å². The third-order valence-corrected chi connectivity index (χ3v) is 4.85. The topological polar surface area (TPSA) is 55.3 Å². The number of benzene rings is 1. The summed E-state index contributed by atoms with van der Waals surface area (Å²) in [5.74, 6) is 1.30. The number of amides is 1. The van der Waals surface area contributed by atoms with Gasteiger partial charge in [-0.2, -0.15) is 0 Å². The molecule has 0 atom stereocenters. The molecular weight excluding hydrogens is 298 g/mol. The van der Waals surface area contributed by atoms with Crippen LogP contribution in [0.25, 0.3) is 10.2 Å². The summed E-state index contributed by atoms with van der Waals surface area (Å²) in [4.78, 5) is 22.1. The van der Waals surface area contributed by atoms with Crippen LogP contribution in [0.5, 0.6) is 11.6 Å². The second-order valence-corrected chi connectivity index (χ2v) is 6.24. The summed E-state index contributed by atoms with van der Waals surface area (Å²) in [6, 6.07) is 5.53. The van der Waals surface area contributed by atoms with Crippen LogP contribution in [0.2, 0.25) is 0 Å². The van der Waals surface area contributed by atoms with Gasteiger partial charge in [0.1, 0.15) is 16.8 Å². The van der Waals surface area contributed by atoms with Crippen LogP contribution in [-0.4, -0.2) is 27.8 Å². The van der Waals surface area contributed by atoms with Gasteiger partial charge in [-0.15, -0.1) is 11.3 Å². The van der Waals surface area contributed by atoms with Gasteiger partial charge in [0.15, 0.2) is 0 Å². The average molecular weight is 311 g/mol. The molecular formula is C16H13N3O2S. The van der Waals surface area contributed by atoms with Gasteiger partial charge in [0.25, 0.3) is 5.91 Å². The first-order valence-electron chi connectivity index (χ1n) is 6.88. The fourth-order valence-corrected chi connectivity index (χ4v) is 3.56. The molecule has 0 saturated heterocycles. The highest BCUT2D eigenvalue weighted by Crippen LogP contribution is 2.34. The molecule has 0 bridgehead atoms. The van der Waals surface area contributed by atoms with Crippen LogP contribution in [0.3, 0.4) is 0 Å². The van der Waals surface area contributed by atoms with Crippen molar-refractivity contribution in [2.24, 2.45) is 0 Å². The molecule has 4 rings (SSSR count). The minimum atomic E-state index is 0.0554. The molecule has 0 radical (unpaired) electrons. The summed E-state index contributed by atoms with van der Waals surface area (Å²) in [5, 5.41) is 2.04. The summed E-state index contributed by atoms with van der Waals surface area (Å²) < 4.78 is 6.87. The maximum Gasteiger partial charge on any atom is 0.254 e.